The number of halogens is 1. The molecule has 0 unspecified atom stereocenters. The van der Waals surface area contributed by atoms with Crippen molar-refractivity contribution >= 4 is 22.9 Å². The van der Waals surface area contributed by atoms with E-state index in [0.717, 1.165) is 19.6 Å². The summed E-state index contributed by atoms with van der Waals surface area (Å²) in [6.45, 7) is 3.42. The molecule has 1 N–H and O–H groups in total. The van der Waals surface area contributed by atoms with E-state index in [1.807, 2.05) is 0 Å². The highest BCUT2D eigenvalue weighted by Gasteiger charge is 2.21. The van der Waals surface area contributed by atoms with Gasteiger partial charge in [0, 0.05) is 48.5 Å². The number of rotatable bonds is 1. The van der Waals surface area contributed by atoms with Crippen molar-refractivity contribution in [2.45, 2.75) is 6.04 Å². The number of aliphatic hydroxyl groups is 1. The van der Waals surface area contributed by atoms with Gasteiger partial charge in [0.15, 0.2) is 0 Å². The minimum atomic E-state index is 0.274. The van der Waals surface area contributed by atoms with Gasteiger partial charge in [0.1, 0.15) is 0 Å². The van der Waals surface area contributed by atoms with Gasteiger partial charge in [-0.05, 0) is 7.05 Å². The van der Waals surface area contributed by atoms with Crippen LogP contribution in [0.25, 0.3) is 0 Å². The molecule has 4 heteroatoms. The SMILES string of the molecule is CN1CCN(I)C[C@H]1CO. The lowest BCUT2D eigenvalue weighted by Gasteiger charge is -2.35. The molecule has 1 aliphatic heterocycles. The topological polar surface area (TPSA) is 26.7 Å². The monoisotopic (exact) mass is 256 g/mol. The maximum absolute atomic E-state index is 8.91. The molecule has 0 saturated carbocycles. The second-order valence-corrected chi connectivity index (χ2v) is 4.05. The molecule has 1 aliphatic rings. The molecule has 1 saturated heterocycles. The summed E-state index contributed by atoms with van der Waals surface area (Å²) >= 11 is 2.30. The average Bonchev–Trinajstić information content (AvgIpc) is 1.94. The normalized spacial score (nSPS) is 30.9. The van der Waals surface area contributed by atoms with Crippen LogP contribution in [0.4, 0.5) is 0 Å². The fraction of sp³-hybridized carbons (Fsp3) is 1.00. The first-order valence-electron chi connectivity index (χ1n) is 3.46. The van der Waals surface area contributed by atoms with Gasteiger partial charge in [-0.1, -0.05) is 0 Å². The summed E-state index contributed by atoms with van der Waals surface area (Å²) < 4.78 is 2.22. The lowest BCUT2D eigenvalue weighted by molar-refractivity contribution is 0.102. The highest BCUT2D eigenvalue weighted by atomic mass is 127. The third-order valence-electron chi connectivity index (χ3n) is 1.94. The van der Waals surface area contributed by atoms with E-state index < -0.39 is 0 Å². The zero-order chi connectivity index (χ0) is 7.56. The summed E-state index contributed by atoms with van der Waals surface area (Å²) in [5.41, 5.74) is 0. The Hall–Kier alpha value is 0.610. The van der Waals surface area contributed by atoms with Crippen LogP contribution in [0.3, 0.4) is 0 Å². The van der Waals surface area contributed by atoms with E-state index in [4.69, 9.17) is 5.11 Å². The second kappa shape index (κ2) is 3.85. The van der Waals surface area contributed by atoms with E-state index >= 15 is 0 Å². The van der Waals surface area contributed by atoms with E-state index in [1.165, 1.54) is 0 Å². The van der Waals surface area contributed by atoms with Gasteiger partial charge in [-0.25, -0.2) is 3.11 Å². The first-order valence-corrected chi connectivity index (χ1v) is 4.42. The summed E-state index contributed by atoms with van der Waals surface area (Å²) in [6.07, 6.45) is 0. The number of aliphatic hydroxyl groups excluding tert-OH is 1. The molecule has 10 heavy (non-hydrogen) atoms. The van der Waals surface area contributed by atoms with Crippen molar-refractivity contribution < 1.29 is 5.11 Å². The number of likely N-dealkylation sites (N-methyl/N-ethyl adjacent to an activating group) is 1. The Kier molecular flexibility index (Phi) is 3.35. The van der Waals surface area contributed by atoms with Crippen LogP contribution in [0.5, 0.6) is 0 Å². The third-order valence-corrected chi connectivity index (χ3v) is 2.81. The minimum Gasteiger partial charge on any atom is -0.395 e. The van der Waals surface area contributed by atoms with Gasteiger partial charge in [0.05, 0.1) is 6.61 Å². The third kappa shape index (κ3) is 2.05. The van der Waals surface area contributed by atoms with Gasteiger partial charge < -0.3 is 5.11 Å². The van der Waals surface area contributed by atoms with E-state index in [1.54, 1.807) is 0 Å². The summed E-state index contributed by atoms with van der Waals surface area (Å²) in [4.78, 5) is 2.20. The molecule has 0 radical (unpaired) electrons. The smallest absolute Gasteiger partial charge is 0.0599 e. The number of nitrogens with zero attached hydrogens (tertiary/aromatic N) is 2. The van der Waals surface area contributed by atoms with Crippen LogP contribution in [0.2, 0.25) is 0 Å². The molecule has 0 bridgehead atoms. The van der Waals surface area contributed by atoms with Gasteiger partial charge >= 0.3 is 0 Å². The number of piperazine rings is 1. The molecule has 0 aromatic rings. The molecule has 1 fully saturated rings. The molecule has 0 amide bonds. The minimum absolute atomic E-state index is 0.274. The Bertz CT molecular complexity index is 112. The Morgan fingerprint density at radius 3 is 2.80 bits per heavy atom. The van der Waals surface area contributed by atoms with Crippen LogP contribution in [0, 0.1) is 0 Å². The average molecular weight is 256 g/mol. The van der Waals surface area contributed by atoms with Crippen LogP contribution in [0.15, 0.2) is 0 Å². The van der Waals surface area contributed by atoms with Crippen molar-refractivity contribution in [2.75, 3.05) is 33.3 Å². The quantitative estimate of drug-likeness (QED) is 0.526. The largest absolute Gasteiger partial charge is 0.395 e. The summed E-state index contributed by atoms with van der Waals surface area (Å²) in [6, 6.07) is 0.339. The van der Waals surface area contributed by atoms with E-state index in [9.17, 15) is 0 Å². The van der Waals surface area contributed by atoms with Crippen molar-refractivity contribution in [3.63, 3.8) is 0 Å². The summed E-state index contributed by atoms with van der Waals surface area (Å²) in [5.74, 6) is 0. The van der Waals surface area contributed by atoms with Gasteiger partial charge in [0.2, 0.25) is 0 Å². The fourth-order valence-electron chi connectivity index (χ4n) is 1.11. The maximum Gasteiger partial charge on any atom is 0.0599 e. The second-order valence-electron chi connectivity index (χ2n) is 2.69. The molecular weight excluding hydrogens is 243 g/mol. The van der Waals surface area contributed by atoms with Crippen molar-refractivity contribution in [1.82, 2.24) is 8.01 Å². The first kappa shape index (κ1) is 8.70. The predicted octanol–water partition coefficient (Wildman–Crippen LogP) is -0.0553. The Morgan fingerprint density at radius 2 is 2.30 bits per heavy atom. The lowest BCUT2D eigenvalue weighted by Crippen LogP contribution is -2.49. The van der Waals surface area contributed by atoms with Gasteiger partial charge in [-0.2, -0.15) is 0 Å². The zero-order valence-corrected chi connectivity index (χ0v) is 8.28. The predicted molar refractivity (Wildman–Crippen MR) is 49.1 cm³/mol. The molecule has 0 aromatic heterocycles. The standard InChI is InChI=1S/C6H13IN2O/c1-8-2-3-9(7)4-6(8)5-10/h6,10H,2-5H2,1H3/t6-/m0/s1. The molecular formula is C6H13IN2O. The van der Waals surface area contributed by atoms with E-state index in [-0.39, 0.29) is 6.61 Å². The van der Waals surface area contributed by atoms with Crippen LogP contribution < -0.4 is 0 Å². The van der Waals surface area contributed by atoms with Crippen LogP contribution in [-0.4, -0.2) is 52.5 Å². The Morgan fingerprint density at radius 1 is 1.60 bits per heavy atom. The highest BCUT2D eigenvalue weighted by Crippen LogP contribution is 2.10. The molecule has 0 aromatic carbocycles. The number of hydrogen-bond acceptors (Lipinski definition) is 3. The van der Waals surface area contributed by atoms with Gasteiger partial charge in [-0.15, -0.1) is 0 Å². The Labute approximate surface area is 75.5 Å². The van der Waals surface area contributed by atoms with Crippen molar-refractivity contribution in [2.24, 2.45) is 0 Å². The summed E-state index contributed by atoms with van der Waals surface area (Å²) in [7, 11) is 2.06. The molecule has 1 heterocycles. The molecule has 0 spiro atoms. The molecule has 60 valence electrons. The Balaban J connectivity index is 2.38. The van der Waals surface area contributed by atoms with Gasteiger partial charge in [-0.3, -0.25) is 4.90 Å². The van der Waals surface area contributed by atoms with Crippen LogP contribution in [0.1, 0.15) is 0 Å². The van der Waals surface area contributed by atoms with E-state index in [2.05, 4.69) is 37.9 Å². The molecule has 3 nitrogen and oxygen atoms in total. The zero-order valence-electron chi connectivity index (χ0n) is 6.13. The van der Waals surface area contributed by atoms with Crippen molar-refractivity contribution in [3.8, 4) is 0 Å². The van der Waals surface area contributed by atoms with Crippen LogP contribution in [-0.2, 0) is 0 Å². The molecule has 1 rings (SSSR count). The summed E-state index contributed by atoms with van der Waals surface area (Å²) in [5, 5.41) is 8.91. The first-order chi connectivity index (χ1) is 4.74. The van der Waals surface area contributed by atoms with Gasteiger partial charge in [0.25, 0.3) is 0 Å². The van der Waals surface area contributed by atoms with Crippen molar-refractivity contribution in [1.29, 1.82) is 0 Å². The van der Waals surface area contributed by atoms with Crippen LogP contribution >= 0.6 is 22.9 Å². The van der Waals surface area contributed by atoms with E-state index in [0.29, 0.717) is 6.04 Å². The van der Waals surface area contributed by atoms with Crippen molar-refractivity contribution in [3.05, 3.63) is 0 Å². The fourth-order valence-corrected chi connectivity index (χ4v) is 1.78. The molecule has 0 aliphatic carbocycles. The maximum atomic E-state index is 8.91. The highest BCUT2D eigenvalue weighted by molar-refractivity contribution is 14.1. The molecule has 1 atom stereocenters. The number of hydrogen-bond donors (Lipinski definition) is 1. The lowest BCUT2D eigenvalue weighted by atomic mass is 10.2.